The van der Waals surface area contributed by atoms with Crippen molar-refractivity contribution in [2.75, 3.05) is 0 Å². The lowest BCUT2D eigenvalue weighted by atomic mass is 9.96. The van der Waals surface area contributed by atoms with E-state index in [0.717, 1.165) is 17.5 Å². The lowest BCUT2D eigenvalue weighted by molar-refractivity contribution is -0.156. The molecule has 180 valence electrons. The predicted molar refractivity (Wildman–Crippen MR) is 137 cm³/mol. The van der Waals surface area contributed by atoms with Crippen LogP contribution in [0.4, 0.5) is 0 Å². The van der Waals surface area contributed by atoms with Crippen molar-refractivity contribution in [3.8, 4) is 16.9 Å². The summed E-state index contributed by atoms with van der Waals surface area (Å²) in [6.45, 7) is 6.04. The smallest absolute Gasteiger partial charge is 0.324 e. The van der Waals surface area contributed by atoms with Crippen molar-refractivity contribution in [3.05, 3.63) is 78.4 Å². The van der Waals surface area contributed by atoms with Crippen LogP contribution in [0.2, 0.25) is 0 Å². The minimum atomic E-state index is -1.60. The van der Waals surface area contributed by atoms with Crippen molar-refractivity contribution in [2.45, 2.75) is 57.9 Å². The quantitative estimate of drug-likeness (QED) is 0.155. The number of ether oxygens (including phenoxy) is 2. The highest BCUT2D eigenvalue weighted by Crippen LogP contribution is 2.35. The van der Waals surface area contributed by atoms with Crippen LogP contribution in [0.3, 0.4) is 0 Å². The molecule has 2 aromatic rings. The predicted octanol–water partition coefficient (Wildman–Crippen LogP) is 7.26. The summed E-state index contributed by atoms with van der Waals surface area (Å²) in [5.41, 5.74) is 3.49. The standard InChI is InChI=1S/C29H33ClO4/c1-4-5-6-9-22-11-13-23(14-12-22)24-15-17-25(18-16-24)33-28(32)26-10-7-8-19-29(26,30)34-27(31)20-21(2)3/h7-8,10-19,21,26H,4-6,9,20H2,1-3H3. The van der Waals surface area contributed by atoms with Gasteiger partial charge in [0, 0.05) is 6.42 Å². The van der Waals surface area contributed by atoms with E-state index in [2.05, 4.69) is 31.2 Å². The number of esters is 2. The van der Waals surface area contributed by atoms with Gasteiger partial charge in [-0.2, -0.15) is 0 Å². The zero-order valence-corrected chi connectivity index (χ0v) is 20.9. The molecule has 0 aromatic heterocycles. The van der Waals surface area contributed by atoms with Crippen LogP contribution in [0.25, 0.3) is 11.1 Å². The van der Waals surface area contributed by atoms with Gasteiger partial charge in [0.05, 0.1) is 0 Å². The third kappa shape index (κ3) is 7.07. The molecule has 2 unspecified atom stereocenters. The lowest BCUT2D eigenvalue weighted by Crippen LogP contribution is -2.42. The first-order valence-electron chi connectivity index (χ1n) is 12.0. The van der Waals surface area contributed by atoms with E-state index in [-0.39, 0.29) is 12.3 Å². The maximum atomic E-state index is 12.9. The van der Waals surface area contributed by atoms with Crippen LogP contribution in [0, 0.1) is 11.8 Å². The van der Waals surface area contributed by atoms with Gasteiger partial charge in [0.15, 0.2) is 0 Å². The van der Waals surface area contributed by atoms with Crippen molar-refractivity contribution >= 4 is 23.5 Å². The normalized spacial score (nSPS) is 19.3. The van der Waals surface area contributed by atoms with E-state index >= 15 is 0 Å². The Morgan fingerprint density at radius 3 is 2.24 bits per heavy atom. The van der Waals surface area contributed by atoms with Gasteiger partial charge in [0.2, 0.25) is 5.06 Å². The number of aryl methyl sites for hydroxylation is 1. The van der Waals surface area contributed by atoms with E-state index in [4.69, 9.17) is 21.1 Å². The fourth-order valence-electron chi connectivity index (χ4n) is 3.82. The highest BCUT2D eigenvalue weighted by Gasteiger charge is 2.44. The number of hydrogen-bond donors (Lipinski definition) is 0. The van der Waals surface area contributed by atoms with Crippen LogP contribution < -0.4 is 4.74 Å². The Balaban J connectivity index is 1.64. The van der Waals surface area contributed by atoms with Gasteiger partial charge in [-0.05, 0) is 53.7 Å². The van der Waals surface area contributed by atoms with Gasteiger partial charge in [-0.25, -0.2) is 0 Å². The molecule has 0 amide bonds. The number of allylic oxidation sites excluding steroid dienone is 2. The maximum absolute atomic E-state index is 12.9. The molecule has 0 radical (unpaired) electrons. The summed E-state index contributed by atoms with van der Waals surface area (Å²) in [5.74, 6) is -1.46. The Bertz CT molecular complexity index is 1020. The number of unbranched alkanes of at least 4 members (excludes halogenated alkanes) is 2. The fraction of sp³-hybridized carbons (Fsp3) is 0.379. The van der Waals surface area contributed by atoms with Crippen molar-refractivity contribution in [1.82, 2.24) is 0 Å². The molecule has 0 fully saturated rings. The third-order valence-electron chi connectivity index (χ3n) is 5.69. The number of halogens is 1. The van der Waals surface area contributed by atoms with Crippen LogP contribution in [-0.4, -0.2) is 17.0 Å². The van der Waals surface area contributed by atoms with Gasteiger partial charge >= 0.3 is 11.9 Å². The molecule has 5 heteroatoms. The van der Waals surface area contributed by atoms with Crippen LogP contribution in [0.15, 0.2) is 72.8 Å². The molecule has 0 aliphatic heterocycles. The molecule has 0 spiro atoms. The van der Waals surface area contributed by atoms with E-state index in [1.165, 1.54) is 30.9 Å². The number of benzene rings is 2. The Morgan fingerprint density at radius 2 is 1.62 bits per heavy atom. The second-order valence-electron chi connectivity index (χ2n) is 9.09. The Labute approximate surface area is 207 Å². The van der Waals surface area contributed by atoms with Crippen molar-refractivity contribution in [3.63, 3.8) is 0 Å². The topological polar surface area (TPSA) is 52.6 Å². The largest absolute Gasteiger partial charge is 0.438 e. The van der Waals surface area contributed by atoms with Gasteiger partial charge < -0.3 is 9.47 Å². The molecule has 0 bridgehead atoms. The molecule has 3 rings (SSSR count). The van der Waals surface area contributed by atoms with Crippen LogP contribution in [0.1, 0.15) is 52.0 Å². The van der Waals surface area contributed by atoms with Gasteiger partial charge in [0.1, 0.15) is 11.7 Å². The lowest BCUT2D eigenvalue weighted by Gasteiger charge is -2.31. The van der Waals surface area contributed by atoms with Crippen molar-refractivity contribution in [2.24, 2.45) is 11.8 Å². The molecular weight excluding hydrogens is 448 g/mol. The molecule has 0 saturated heterocycles. The summed E-state index contributed by atoms with van der Waals surface area (Å²) >= 11 is 6.56. The third-order valence-corrected chi connectivity index (χ3v) is 6.13. The van der Waals surface area contributed by atoms with E-state index < -0.39 is 22.9 Å². The number of rotatable bonds is 10. The summed E-state index contributed by atoms with van der Waals surface area (Å²) in [4.78, 5) is 25.1. The number of carbonyl (C=O) groups is 2. The molecular formula is C29H33ClO4. The van der Waals surface area contributed by atoms with Crippen molar-refractivity contribution in [1.29, 1.82) is 0 Å². The molecule has 0 heterocycles. The molecule has 2 atom stereocenters. The van der Waals surface area contributed by atoms with Gasteiger partial charge in [-0.15, -0.1) is 0 Å². The second kappa shape index (κ2) is 12.0. The molecule has 4 nitrogen and oxygen atoms in total. The van der Waals surface area contributed by atoms with E-state index in [0.29, 0.717) is 5.75 Å². The fourth-order valence-corrected chi connectivity index (χ4v) is 4.14. The van der Waals surface area contributed by atoms with Gasteiger partial charge in [-0.3, -0.25) is 9.59 Å². The Hall–Kier alpha value is -2.85. The summed E-state index contributed by atoms with van der Waals surface area (Å²) in [6, 6.07) is 15.9. The first-order chi connectivity index (χ1) is 16.3. The maximum Gasteiger partial charge on any atom is 0.324 e. The first-order valence-corrected chi connectivity index (χ1v) is 12.4. The number of carbonyl (C=O) groups excluding carboxylic acids is 2. The minimum Gasteiger partial charge on any atom is -0.438 e. The monoisotopic (exact) mass is 480 g/mol. The zero-order valence-electron chi connectivity index (χ0n) is 20.1. The van der Waals surface area contributed by atoms with E-state index in [1.807, 2.05) is 26.0 Å². The van der Waals surface area contributed by atoms with Crippen molar-refractivity contribution < 1.29 is 19.1 Å². The summed E-state index contributed by atoms with van der Waals surface area (Å²) < 4.78 is 11.0. The van der Waals surface area contributed by atoms with Gasteiger partial charge in [0.25, 0.3) is 0 Å². The average Bonchev–Trinajstić information content (AvgIpc) is 2.79. The highest BCUT2D eigenvalue weighted by molar-refractivity contribution is 6.26. The summed E-state index contributed by atoms with van der Waals surface area (Å²) in [7, 11) is 0. The molecule has 2 aromatic carbocycles. The van der Waals surface area contributed by atoms with E-state index in [9.17, 15) is 9.59 Å². The second-order valence-corrected chi connectivity index (χ2v) is 9.68. The zero-order chi connectivity index (χ0) is 24.6. The molecule has 1 aliphatic carbocycles. The number of hydrogen-bond acceptors (Lipinski definition) is 4. The highest BCUT2D eigenvalue weighted by atomic mass is 35.5. The average molecular weight is 481 g/mol. The van der Waals surface area contributed by atoms with Crippen LogP contribution in [0.5, 0.6) is 5.75 Å². The van der Waals surface area contributed by atoms with Gasteiger partial charge in [-0.1, -0.05) is 99.8 Å². The SMILES string of the molecule is CCCCCc1ccc(-c2ccc(OC(=O)C3C=CC=CC3(Cl)OC(=O)CC(C)C)cc2)cc1. The van der Waals surface area contributed by atoms with E-state index in [1.54, 1.807) is 30.4 Å². The molecule has 1 aliphatic rings. The Morgan fingerprint density at radius 1 is 0.971 bits per heavy atom. The van der Waals surface area contributed by atoms with Crippen LogP contribution >= 0.6 is 11.6 Å². The first kappa shape index (κ1) is 25.8. The molecule has 34 heavy (non-hydrogen) atoms. The van der Waals surface area contributed by atoms with Crippen LogP contribution in [-0.2, 0) is 20.7 Å². The molecule has 0 N–H and O–H groups in total. The number of alkyl halides is 1. The minimum absolute atomic E-state index is 0.122. The Kier molecular flexibility index (Phi) is 9.12. The summed E-state index contributed by atoms with van der Waals surface area (Å²) in [6.07, 6.45) is 11.4. The molecule has 0 saturated carbocycles. The summed E-state index contributed by atoms with van der Waals surface area (Å²) in [5, 5.41) is -1.60.